The Morgan fingerprint density at radius 1 is 1.25 bits per heavy atom. The topological polar surface area (TPSA) is 66.8 Å². The van der Waals surface area contributed by atoms with Crippen LogP contribution in [0.15, 0.2) is 18.2 Å². The average Bonchev–Trinajstić information content (AvgIpc) is 3.10. The number of carbonyl (C=O) groups excluding carboxylic acids is 2. The molecule has 1 saturated heterocycles. The minimum absolute atomic E-state index is 0.0579. The molecule has 2 aliphatic rings. The summed E-state index contributed by atoms with van der Waals surface area (Å²) in [6, 6.07) is 4.79. The maximum atomic E-state index is 12.6. The zero-order valence-electron chi connectivity index (χ0n) is 13.1. The number of β-amino-alcohol motifs (C(OH)–C–C–N with tert-alkyl or cyclic N) is 1. The number of aliphatic hydroxyl groups is 1. The Hall–Kier alpha value is -1.30. The van der Waals surface area contributed by atoms with Crippen LogP contribution in [0.3, 0.4) is 0 Å². The van der Waals surface area contributed by atoms with E-state index in [1.54, 1.807) is 18.2 Å². The second-order valence-corrected chi connectivity index (χ2v) is 7.36. The molecular weight excluding hydrogens is 353 g/mol. The first-order valence-electron chi connectivity index (χ1n) is 8.02. The van der Waals surface area contributed by atoms with Gasteiger partial charge in [0.1, 0.15) is 18.5 Å². The van der Waals surface area contributed by atoms with E-state index in [4.69, 9.17) is 27.9 Å². The van der Waals surface area contributed by atoms with Crippen LogP contribution in [-0.4, -0.2) is 41.1 Å². The van der Waals surface area contributed by atoms with Crippen molar-refractivity contribution >= 4 is 35.0 Å². The van der Waals surface area contributed by atoms with Gasteiger partial charge in [0.25, 0.3) is 0 Å². The smallest absolute Gasteiger partial charge is 0.235 e. The van der Waals surface area contributed by atoms with Crippen molar-refractivity contribution in [3.63, 3.8) is 0 Å². The van der Waals surface area contributed by atoms with Crippen LogP contribution in [0.4, 0.5) is 0 Å². The number of ether oxygens (including phenoxy) is 1. The van der Waals surface area contributed by atoms with Gasteiger partial charge in [0.2, 0.25) is 11.8 Å². The molecule has 24 heavy (non-hydrogen) atoms. The summed E-state index contributed by atoms with van der Waals surface area (Å²) in [4.78, 5) is 25.9. The van der Waals surface area contributed by atoms with Crippen LogP contribution in [0.5, 0.6) is 5.75 Å². The molecule has 1 heterocycles. The first kappa shape index (κ1) is 17.5. The van der Waals surface area contributed by atoms with Gasteiger partial charge in [0.15, 0.2) is 0 Å². The zero-order chi connectivity index (χ0) is 17.3. The van der Waals surface area contributed by atoms with Crippen LogP contribution in [-0.2, 0) is 9.59 Å². The number of rotatable bonds is 5. The predicted octanol–water partition coefficient (Wildman–Crippen LogP) is 3.05. The first-order chi connectivity index (χ1) is 11.4. The summed E-state index contributed by atoms with van der Waals surface area (Å²) in [5.74, 6) is 0.00105. The molecule has 0 bridgehead atoms. The van der Waals surface area contributed by atoms with Gasteiger partial charge in [-0.25, -0.2) is 0 Å². The fourth-order valence-corrected chi connectivity index (χ4v) is 3.86. The van der Waals surface area contributed by atoms with Gasteiger partial charge >= 0.3 is 0 Å². The first-order valence-corrected chi connectivity index (χ1v) is 8.78. The molecule has 1 aromatic rings. The van der Waals surface area contributed by atoms with E-state index in [1.165, 1.54) is 4.90 Å². The average molecular weight is 372 g/mol. The molecule has 0 aromatic heterocycles. The number of hydrogen-bond donors (Lipinski definition) is 1. The lowest BCUT2D eigenvalue weighted by atomic mass is 9.84. The monoisotopic (exact) mass is 371 g/mol. The van der Waals surface area contributed by atoms with E-state index in [0.717, 1.165) is 25.7 Å². The molecule has 0 unspecified atom stereocenters. The van der Waals surface area contributed by atoms with Crippen LogP contribution in [0.1, 0.15) is 32.1 Å². The Balaban J connectivity index is 1.59. The van der Waals surface area contributed by atoms with E-state index < -0.39 is 11.5 Å². The molecule has 1 aliphatic carbocycles. The molecule has 5 nitrogen and oxygen atoms in total. The van der Waals surface area contributed by atoms with Crippen molar-refractivity contribution in [3.05, 3.63) is 28.2 Å². The summed E-state index contributed by atoms with van der Waals surface area (Å²) in [6.07, 6.45) is 2.76. The van der Waals surface area contributed by atoms with Gasteiger partial charge in [-0.3, -0.25) is 14.5 Å². The Kier molecular flexibility index (Phi) is 5.04. The summed E-state index contributed by atoms with van der Waals surface area (Å²) in [6.45, 7) is -0.137. The highest BCUT2D eigenvalue weighted by molar-refractivity contribution is 6.34. The normalized spacial score (nSPS) is 20.9. The Bertz CT molecular complexity index is 658. The highest BCUT2D eigenvalue weighted by Crippen LogP contribution is 2.46. The van der Waals surface area contributed by atoms with Crippen LogP contribution < -0.4 is 4.74 Å². The number of likely N-dealkylation sites (tertiary alicyclic amines) is 1. The van der Waals surface area contributed by atoms with Gasteiger partial charge in [-0.15, -0.1) is 0 Å². The maximum absolute atomic E-state index is 12.6. The second kappa shape index (κ2) is 6.90. The minimum Gasteiger partial charge on any atom is -0.489 e. The van der Waals surface area contributed by atoms with Crippen molar-refractivity contribution < 1.29 is 19.4 Å². The lowest BCUT2D eigenvalue weighted by Crippen LogP contribution is -2.41. The number of hydrogen-bond acceptors (Lipinski definition) is 4. The van der Waals surface area contributed by atoms with Crippen LogP contribution in [0.25, 0.3) is 0 Å². The molecule has 1 aliphatic heterocycles. The van der Waals surface area contributed by atoms with Gasteiger partial charge in [-0.05, 0) is 25.0 Å². The van der Waals surface area contributed by atoms with E-state index in [-0.39, 0.29) is 31.4 Å². The lowest BCUT2D eigenvalue weighted by Gasteiger charge is -2.23. The van der Waals surface area contributed by atoms with Crippen LogP contribution in [0, 0.1) is 5.41 Å². The fourth-order valence-electron chi connectivity index (χ4n) is 3.52. The standard InChI is InChI=1S/C17H19Cl2NO4/c18-11-3-4-13(19)14(7-11)24-10-12(21)9-20-15(22)8-17(16(20)23)5-1-2-6-17/h3-4,7,12,21H,1-2,5-6,8-10H2/t12-/m0/s1. The van der Waals surface area contributed by atoms with Gasteiger partial charge in [-0.2, -0.15) is 0 Å². The molecule has 7 heteroatoms. The molecule has 3 rings (SSSR count). The van der Waals surface area contributed by atoms with E-state index in [9.17, 15) is 14.7 Å². The summed E-state index contributed by atoms with van der Waals surface area (Å²) in [5, 5.41) is 11.0. The van der Waals surface area contributed by atoms with Crippen LogP contribution >= 0.6 is 23.2 Å². The number of nitrogens with zero attached hydrogens (tertiary/aromatic N) is 1. The molecule has 1 N–H and O–H groups in total. The number of imide groups is 1. The van der Waals surface area contributed by atoms with Crippen molar-refractivity contribution in [3.8, 4) is 5.75 Å². The molecular formula is C17H19Cl2NO4. The van der Waals surface area contributed by atoms with Crippen molar-refractivity contribution in [1.82, 2.24) is 4.90 Å². The van der Waals surface area contributed by atoms with Crippen molar-refractivity contribution in [2.24, 2.45) is 5.41 Å². The molecule has 1 spiro atoms. The third-order valence-corrected chi connectivity index (χ3v) is 5.32. The zero-order valence-corrected chi connectivity index (χ0v) is 14.6. The quantitative estimate of drug-likeness (QED) is 0.807. The second-order valence-electron chi connectivity index (χ2n) is 6.51. The summed E-state index contributed by atoms with van der Waals surface area (Å²) >= 11 is 11.9. The van der Waals surface area contributed by atoms with E-state index in [0.29, 0.717) is 15.8 Å². The van der Waals surface area contributed by atoms with Crippen LogP contribution in [0.2, 0.25) is 10.0 Å². The van der Waals surface area contributed by atoms with Gasteiger partial charge in [0, 0.05) is 17.5 Å². The summed E-state index contributed by atoms with van der Waals surface area (Å²) < 4.78 is 5.46. The highest BCUT2D eigenvalue weighted by atomic mass is 35.5. The number of amides is 2. The predicted molar refractivity (Wildman–Crippen MR) is 90.2 cm³/mol. The molecule has 1 atom stereocenters. The number of halogens is 2. The lowest BCUT2D eigenvalue weighted by molar-refractivity contribution is -0.143. The van der Waals surface area contributed by atoms with Gasteiger partial charge in [-0.1, -0.05) is 36.0 Å². The van der Waals surface area contributed by atoms with Gasteiger partial charge < -0.3 is 9.84 Å². The fraction of sp³-hybridized carbons (Fsp3) is 0.529. The van der Waals surface area contributed by atoms with E-state index in [1.807, 2.05) is 0 Å². The molecule has 2 fully saturated rings. The Morgan fingerprint density at radius 2 is 1.96 bits per heavy atom. The maximum Gasteiger partial charge on any atom is 0.235 e. The third kappa shape index (κ3) is 3.39. The summed E-state index contributed by atoms with van der Waals surface area (Å²) in [7, 11) is 0. The van der Waals surface area contributed by atoms with E-state index >= 15 is 0 Å². The van der Waals surface area contributed by atoms with Crippen molar-refractivity contribution in [2.45, 2.75) is 38.2 Å². The van der Waals surface area contributed by atoms with Gasteiger partial charge in [0.05, 0.1) is 17.0 Å². The van der Waals surface area contributed by atoms with Crippen molar-refractivity contribution in [1.29, 1.82) is 0 Å². The SMILES string of the molecule is O=C1CC2(CCCC2)C(=O)N1C[C@H](O)COc1cc(Cl)ccc1Cl. The minimum atomic E-state index is -0.982. The Morgan fingerprint density at radius 3 is 2.67 bits per heavy atom. The molecule has 1 aromatic carbocycles. The van der Waals surface area contributed by atoms with E-state index in [2.05, 4.69) is 0 Å². The number of benzene rings is 1. The Labute approximate surface area is 150 Å². The summed E-state index contributed by atoms with van der Waals surface area (Å²) in [5.41, 5.74) is -0.520. The van der Waals surface area contributed by atoms with Crippen molar-refractivity contribution in [2.75, 3.05) is 13.2 Å². The molecule has 1 saturated carbocycles. The number of aliphatic hydroxyl groups excluding tert-OH is 1. The third-order valence-electron chi connectivity index (χ3n) is 4.77. The molecule has 130 valence electrons. The number of carbonyl (C=O) groups is 2. The molecule has 0 radical (unpaired) electrons. The molecule has 2 amide bonds. The highest BCUT2D eigenvalue weighted by Gasteiger charge is 2.52. The largest absolute Gasteiger partial charge is 0.489 e.